The van der Waals surface area contributed by atoms with Gasteiger partial charge in [-0.25, -0.2) is 9.97 Å². The van der Waals surface area contributed by atoms with Gasteiger partial charge in [-0.2, -0.15) is 0 Å². The molecule has 0 bridgehead atoms. The molecular formula is C20H23N5O2. The summed E-state index contributed by atoms with van der Waals surface area (Å²) in [5, 5.41) is 4.07. The van der Waals surface area contributed by atoms with Crippen LogP contribution >= 0.6 is 0 Å². The zero-order valence-electron chi connectivity index (χ0n) is 15.8. The molecule has 1 aliphatic heterocycles. The molecule has 7 heteroatoms. The van der Waals surface area contributed by atoms with Crippen LogP contribution < -0.4 is 10.2 Å². The van der Waals surface area contributed by atoms with Gasteiger partial charge in [-0.15, -0.1) is 0 Å². The predicted molar refractivity (Wildman–Crippen MR) is 106 cm³/mol. The number of carbonyl (C=O) groups is 1. The van der Waals surface area contributed by atoms with Gasteiger partial charge in [0.25, 0.3) is 5.91 Å². The van der Waals surface area contributed by atoms with E-state index in [9.17, 15) is 4.79 Å². The predicted octanol–water partition coefficient (Wildman–Crippen LogP) is 2.97. The largest absolute Gasteiger partial charge is 0.378 e. The van der Waals surface area contributed by atoms with E-state index >= 15 is 0 Å². The lowest BCUT2D eigenvalue weighted by Crippen LogP contribution is -2.37. The Hall–Kier alpha value is -2.93. The van der Waals surface area contributed by atoms with E-state index in [2.05, 4.69) is 27.2 Å². The van der Waals surface area contributed by atoms with Crippen molar-refractivity contribution in [1.82, 2.24) is 15.0 Å². The smallest absolute Gasteiger partial charge is 0.274 e. The normalized spacial score (nSPS) is 14.6. The number of benzene rings is 1. The van der Waals surface area contributed by atoms with E-state index in [0.29, 0.717) is 24.9 Å². The van der Waals surface area contributed by atoms with Crippen molar-refractivity contribution in [3.05, 3.63) is 46.9 Å². The third-order valence-corrected chi connectivity index (χ3v) is 4.94. The second-order valence-corrected chi connectivity index (χ2v) is 6.88. The van der Waals surface area contributed by atoms with Crippen LogP contribution in [0, 0.1) is 20.8 Å². The van der Waals surface area contributed by atoms with E-state index < -0.39 is 0 Å². The zero-order chi connectivity index (χ0) is 19.0. The number of fused-ring (bicyclic) bond motifs is 1. The highest BCUT2D eigenvalue weighted by molar-refractivity contribution is 6.04. The second-order valence-electron chi connectivity index (χ2n) is 6.88. The summed E-state index contributed by atoms with van der Waals surface area (Å²) in [7, 11) is 0. The van der Waals surface area contributed by atoms with Crippen LogP contribution in [0.2, 0.25) is 0 Å². The summed E-state index contributed by atoms with van der Waals surface area (Å²) in [6.07, 6.45) is 0. The van der Waals surface area contributed by atoms with Gasteiger partial charge in [0.2, 0.25) is 5.95 Å². The van der Waals surface area contributed by atoms with Crippen molar-refractivity contribution in [2.45, 2.75) is 20.8 Å². The molecule has 1 aliphatic rings. The Morgan fingerprint density at radius 3 is 2.70 bits per heavy atom. The van der Waals surface area contributed by atoms with Crippen molar-refractivity contribution in [3.63, 3.8) is 0 Å². The summed E-state index contributed by atoms with van der Waals surface area (Å²) in [5.41, 5.74) is 5.27. The van der Waals surface area contributed by atoms with Crippen molar-refractivity contribution in [2.75, 3.05) is 36.5 Å². The highest BCUT2D eigenvalue weighted by Gasteiger charge is 2.18. The first-order chi connectivity index (χ1) is 13.0. The first-order valence-corrected chi connectivity index (χ1v) is 9.10. The molecule has 2 N–H and O–H groups in total. The lowest BCUT2D eigenvalue weighted by atomic mass is 10.1. The van der Waals surface area contributed by atoms with E-state index in [-0.39, 0.29) is 5.91 Å². The van der Waals surface area contributed by atoms with Crippen molar-refractivity contribution in [2.24, 2.45) is 0 Å². The van der Waals surface area contributed by atoms with E-state index in [1.807, 2.05) is 36.9 Å². The van der Waals surface area contributed by atoms with Gasteiger partial charge in [-0.05, 0) is 50.6 Å². The highest BCUT2D eigenvalue weighted by Crippen LogP contribution is 2.25. The van der Waals surface area contributed by atoms with Crippen LogP contribution in [-0.2, 0) is 4.74 Å². The number of nitrogens with zero attached hydrogens (tertiary/aromatic N) is 3. The van der Waals surface area contributed by atoms with Crippen LogP contribution in [0.4, 0.5) is 11.6 Å². The van der Waals surface area contributed by atoms with Crippen LogP contribution in [0.5, 0.6) is 0 Å². The molecule has 27 heavy (non-hydrogen) atoms. The number of ether oxygens (including phenoxy) is 1. The number of H-pyrrole nitrogens is 1. The van der Waals surface area contributed by atoms with Gasteiger partial charge in [-0.3, -0.25) is 4.79 Å². The van der Waals surface area contributed by atoms with Crippen molar-refractivity contribution in [1.29, 1.82) is 0 Å². The minimum absolute atomic E-state index is 0.237. The minimum atomic E-state index is -0.237. The molecule has 2 aromatic heterocycles. The first kappa shape index (κ1) is 17.5. The molecule has 4 rings (SSSR count). The molecule has 3 aromatic rings. The minimum Gasteiger partial charge on any atom is -0.378 e. The van der Waals surface area contributed by atoms with E-state index in [1.54, 1.807) is 6.07 Å². The van der Waals surface area contributed by atoms with Gasteiger partial charge < -0.3 is 19.9 Å². The maximum atomic E-state index is 12.8. The molecule has 0 spiro atoms. The average molecular weight is 365 g/mol. The molecule has 140 valence electrons. The Labute approximate surface area is 157 Å². The summed E-state index contributed by atoms with van der Waals surface area (Å²) < 4.78 is 5.38. The monoisotopic (exact) mass is 365 g/mol. The molecule has 0 atom stereocenters. The third-order valence-electron chi connectivity index (χ3n) is 4.94. The SMILES string of the molecule is Cc1cc(C(=O)Nc2ccc3[nH]c(C)c(C)c3c2)nc(N2CCOCC2)n1. The first-order valence-electron chi connectivity index (χ1n) is 9.10. The van der Waals surface area contributed by atoms with Gasteiger partial charge in [0, 0.05) is 41.1 Å². The van der Waals surface area contributed by atoms with Crippen LogP contribution in [0.15, 0.2) is 24.3 Å². The molecule has 1 saturated heterocycles. The summed E-state index contributed by atoms with van der Waals surface area (Å²) >= 11 is 0. The number of aromatic nitrogens is 3. The molecule has 0 radical (unpaired) electrons. The zero-order valence-corrected chi connectivity index (χ0v) is 15.8. The Balaban J connectivity index is 1.59. The lowest BCUT2D eigenvalue weighted by Gasteiger charge is -2.27. The van der Waals surface area contributed by atoms with Gasteiger partial charge in [0.15, 0.2) is 0 Å². The summed E-state index contributed by atoms with van der Waals surface area (Å²) in [6.45, 7) is 8.75. The van der Waals surface area contributed by atoms with Gasteiger partial charge in [-0.1, -0.05) is 0 Å². The van der Waals surface area contributed by atoms with E-state index in [0.717, 1.165) is 41.1 Å². The fraction of sp³-hybridized carbons (Fsp3) is 0.350. The third kappa shape index (κ3) is 3.50. The maximum Gasteiger partial charge on any atom is 0.274 e. The second kappa shape index (κ2) is 7.00. The summed E-state index contributed by atoms with van der Waals surface area (Å²) in [5.74, 6) is 0.343. The molecule has 1 fully saturated rings. The molecule has 1 amide bonds. The Kier molecular flexibility index (Phi) is 4.53. The van der Waals surface area contributed by atoms with Crippen molar-refractivity contribution in [3.8, 4) is 0 Å². The van der Waals surface area contributed by atoms with Gasteiger partial charge >= 0.3 is 0 Å². The Bertz CT molecular complexity index is 1010. The maximum absolute atomic E-state index is 12.8. The summed E-state index contributed by atoms with van der Waals surface area (Å²) in [6, 6.07) is 7.58. The number of aromatic amines is 1. The van der Waals surface area contributed by atoms with E-state index in [1.165, 1.54) is 5.56 Å². The standard InChI is InChI=1S/C20H23N5O2/c1-12-10-18(24-20(21-12)25-6-8-27-9-7-25)19(26)23-15-4-5-17-16(11-15)13(2)14(3)22-17/h4-5,10-11,22H,6-9H2,1-3H3,(H,23,26). The molecule has 1 aromatic carbocycles. The van der Waals surface area contributed by atoms with Crippen LogP contribution in [0.1, 0.15) is 27.4 Å². The number of hydrogen-bond acceptors (Lipinski definition) is 5. The van der Waals surface area contributed by atoms with Gasteiger partial charge in [0.05, 0.1) is 13.2 Å². The number of carbonyl (C=O) groups excluding carboxylic acids is 1. The Morgan fingerprint density at radius 1 is 1.15 bits per heavy atom. The van der Waals surface area contributed by atoms with Crippen LogP contribution in [0.25, 0.3) is 10.9 Å². The number of aryl methyl sites for hydroxylation is 3. The number of nitrogens with one attached hydrogen (secondary N) is 2. The Morgan fingerprint density at radius 2 is 1.93 bits per heavy atom. The lowest BCUT2D eigenvalue weighted by molar-refractivity contribution is 0.102. The topological polar surface area (TPSA) is 83.1 Å². The molecule has 7 nitrogen and oxygen atoms in total. The number of hydrogen-bond donors (Lipinski definition) is 2. The average Bonchev–Trinajstić information content (AvgIpc) is 2.96. The molecule has 3 heterocycles. The number of rotatable bonds is 3. The van der Waals surface area contributed by atoms with E-state index in [4.69, 9.17) is 4.74 Å². The fourth-order valence-corrected chi connectivity index (χ4v) is 3.31. The summed E-state index contributed by atoms with van der Waals surface area (Å²) in [4.78, 5) is 27.1. The van der Waals surface area contributed by atoms with Crippen molar-refractivity contribution < 1.29 is 9.53 Å². The number of anilines is 2. The molecule has 0 aliphatic carbocycles. The number of amides is 1. The number of morpholine rings is 1. The van der Waals surface area contributed by atoms with Crippen molar-refractivity contribution >= 4 is 28.4 Å². The van der Waals surface area contributed by atoms with Crippen LogP contribution in [-0.4, -0.2) is 47.2 Å². The van der Waals surface area contributed by atoms with Crippen LogP contribution in [0.3, 0.4) is 0 Å². The quantitative estimate of drug-likeness (QED) is 0.746. The molecular weight excluding hydrogens is 342 g/mol. The molecule has 0 saturated carbocycles. The highest BCUT2D eigenvalue weighted by atomic mass is 16.5. The fourth-order valence-electron chi connectivity index (χ4n) is 3.31. The van der Waals surface area contributed by atoms with Gasteiger partial charge in [0.1, 0.15) is 5.69 Å². The molecule has 0 unspecified atom stereocenters.